The largest absolute Gasteiger partial charge is 0.480 e. The molecule has 2 heterocycles. The molecule has 1 unspecified atom stereocenters. The number of hydrogen-bond donors (Lipinski definition) is 4. The molecule has 14 nitrogen and oxygen atoms in total. The van der Waals surface area contributed by atoms with E-state index in [2.05, 4.69) is 5.32 Å². The van der Waals surface area contributed by atoms with E-state index in [4.69, 9.17) is 5.73 Å². The number of urea groups is 1. The molecule has 0 saturated carbocycles. The summed E-state index contributed by atoms with van der Waals surface area (Å²) >= 11 is 1.22. The average molecular weight is 662 g/mol. The van der Waals surface area contributed by atoms with Gasteiger partial charge in [-0.25, -0.2) is 14.3 Å². The zero-order valence-corrected chi connectivity index (χ0v) is 25.6. The lowest BCUT2D eigenvalue weighted by molar-refractivity contribution is -0.161. The van der Waals surface area contributed by atoms with Crippen LogP contribution in [0.15, 0.2) is 71.6 Å². The van der Waals surface area contributed by atoms with Gasteiger partial charge in [-0.3, -0.25) is 9.59 Å². The van der Waals surface area contributed by atoms with Crippen molar-refractivity contribution in [1.29, 1.82) is 0 Å². The fourth-order valence-electron chi connectivity index (χ4n) is 5.36. The number of nitrogens with zero attached hydrogens (tertiary/aromatic N) is 2. The topological polar surface area (TPSA) is 213 Å². The molecule has 0 bridgehead atoms. The maximum atomic E-state index is 13.9. The third-order valence-electron chi connectivity index (χ3n) is 7.22. The molecular weight excluding hydrogens is 635 g/mol. The van der Waals surface area contributed by atoms with Crippen molar-refractivity contribution in [2.75, 3.05) is 3.71 Å². The number of carboxylic acid groups (broad SMARTS) is 1. The van der Waals surface area contributed by atoms with Crippen LogP contribution >= 0.6 is 11.8 Å². The Bertz CT molecular complexity index is 1930. The number of carbonyl (C=O) groups is 4. The highest BCUT2D eigenvalue weighted by Gasteiger charge is 2.64. The van der Waals surface area contributed by atoms with Gasteiger partial charge in [0.25, 0.3) is 10.0 Å². The summed E-state index contributed by atoms with van der Waals surface area (Å²) in [7, 11) is -10.1. The van der Waals surface area contributed by atoms with E-state index >= 15 is 0 Å². The number of thioether (sulfide) groups is 1. The van der Waals surface area contributed by atoms with Crippen LogP contribution in [0.4, 0.5) is 10.5 Å². The van der Waals surface area contributed by atoms with Crippen molar-refractivity contribution in [3.8, 4) is 0 Å². The summed E-state index contributed by atoms with van der Waals surface area (Å²) in [4.78, 5) is 50.2. The van der Waals surface area contributed by atoms with Crippen molar-refractivity contribution in [1.82, 2.24) is 14.9 Å². The van der Waals surface area contributed by atoms with Crippen molar-refractivity contribution in [3.05, 3.63) is 72.3 Å². The first kappa shape index (κ1) is 31.1. The number of benzene rings is 3. The van der Waals surface area contributed by atoms with Crippen LogP contribution in [0, 0.1) is 0 Å². The van der Waals surface area contributed by atoms with Gasteiger partial charge in [0.05, 0.1) is 17.0 Å². The van der Waals surface area contributed by atoms with Crippen molar-refractivity contribution in [3.63, 3.8) is 0 Å². The Morgan fingerprint density at radius 3 is 2.30 bits per heavy atom. The number of rotatable bonds is 9. The lowest BCUT2D eigenvalue weighted by atomic mass is 9.96. The van der Waals surface area contributed by atoms with E-state index in [-0.39, 0.29) is 9.27 Å². The standard InChI is InChI=1S/C27H27N5O9S3/c1-27(2)22(25(35)36)31-23(34)21(24(31)42-27)29-20(33)14-17-9-5-6-10-19(17)32(44(40,41)30-26(28)37)43(38,39)18-12-11-15-7-3-4-8-16(15)13-18/h3-13,21-22,24H,14H2,1-2H3,(H,29,33)(H,35,36)(H3,28,30,37)/t21?,22-,24+/m0/s1. The van der Waals surface area contributed by atoms with Crippen LogP contribution in [-0.2, 0) is 41.0 Å². The molecular formula is C27H27N5O9S3. The highest BCUT2D eigenvalue weighted by atomic mass is 32.3. The minimum atomic E-state index is -5.19. The summed E-state index contributed by atoms with van der Waals surface area (Å²) in [5.41, 5.74) is 4.52. The highest BCUT2D eigenvalue weighted by molar-refractivity contribution is 8.09. The number of sulfonamides is 1. The zero-order valence-electron chi connectivity index (χ0n) is 23.2. The van der Waals surface area contributed by atoms with Crippen molar-refractivity contribution in [2.45, 2.75) is 47.4 Å². The maximum absolute atomic E-state index is 13.9. The number of carbonyl (C=O) groups excluding carboxylic acids is 3. The lowest BCUT2D eigenvalue weighted by Crippen LogP contribution is -2.70. The molecule has 44 heavy (non-hydrogen) atoms. The van der Waals surface area contributed by atoms with Crippen LogP contribution in [0.3, 0.4) is 0 Å². The Morgan fingerprint density at radius 1 is 1.00 bits per heavy atom. The monoisotopic (exact) mass is 661 g/mol. The number of primary amides is 1. The second-order valence-corrected chi connectivity index (χ2v) is 15.9. The summed E-state index contributed by atoms with van der Waals surface area (Å²) in [6.07, 6.45) is -0.571. The Hall–Kier alpha value is -4.35. The molecule has 5 rings (SSSR count). The minimum Gasteiger partial charge on any atom is -0.480 e. The van der Waals surface area contributed by atoms with E-state index in [0.717, 1.165) is 6.07 Å². The van der Waals surface area contributed by atoms with Gasteiger partial charge in [-0.15, -0.1) is 15.5 Å². The van der Waals surface area contributed by atoms with E-state index in [1.165, 1.54) is 57.8 Å². The number of para-hydroxylation sites is 1. The van der Waals surface area contributed by atoms with Gasteiger partial charge < -0.3 is 21.1 Å². The van der Waals surface area contributed by atoms with Crippen molar-refractivity contribution < 1.29 is 41.1 Å². The van der Waals surface area contributed by atoms with Crippen LogP contribution < -0.4 is 19.5 Å². The van der Waals surface area contributed by atoms with Gasteiger partial charge in [-0.05, 0) is 48.4 Å². The summed E-state index contributed by atoms with van der Waals surface area (Å²) in [6, 6.07) is 12.4. The summed E-state index contributed by atoms with van der Waals surface area (Å²) in [5.74, 6) is -2.51. The molecule has 0 spiro atoms. The minimum absolute atomic E-state index is 0.000509. The predicted octanol–water partition coefficient (Wildman–Crippen LogP) is 1.12. The van der Waals surface area contributed by atoms with E-state index < -0.39 is 83.3 Å². The molecule has 2 aliphatic heterocycles. The first-order valence-corrected chi connectivity index (χ1v) is 16.8. The third-order valence-corrected chi connectivity index (χ3v) is 12.5. The second-order valence-electron chi connectivity index (χ2n) is 10.6. The van der Waals surface area contributed by atoms with Crippen molar-refractivity contribution >= 4 is 72.3 Å². The number of aliphatic carboxylic acids is 1. The number of β-lactam (4-membered cyclic amide) rings is 1. The second kappa shape index (κ2) is 11.0. The van der Waals surface area contributed by atoms with Gasteiger partial charge >= 0.3 is 22.2 Å². The molecule has 232 valence electrons. The fraction of sp³-hybridized carbons (Fsp3) is 0.259. The molecule has 0 aromatic heterocycles. The fourth-order valence-corrected chi connectivity index (χ4v) is 10.3. The van der Waals surface area contributed by atoms with Crippen LogP contribution in [0.1, 0.15) is 19.4 Å². The zero-order chi connectivity index (χ0) is 32.2. The Morgan fingerprint density at radius 2 is 1.64 bits per heavy atom. The van der Waals surface area contributed by atoms with Gasteiger partial charge in [0.1, 0.15) is 17.5 Å². The van der Waals surface area contributed by atoms with Gasteiger partial charge in [-0.1, -0.05) is 48.5 Å². The number of fused-ring (bicyclic) bond motifs is 2. The molecule has 3 aromatic carbocycles. The van der Waals surface area contributed by atoms with E-state index in [9.17, 15) is 41.1 Å². The maximum Gasteiger partial charge on any atom is 0.341 e. The summed E-state index contributed by atoms with van der Waals surface area (Å²) in [5, 5.41) is 12.7. The molecule has 5 N–H and O–H groups in total. The number of nitrogens with one attached hydrogen (secondary N) is 2. The number of anilines is 1. The van der Waals surface area contributed by atoms with Gasteiger partial charge in [0.2, 0.25) is 11.8 Å². The van der Waals surface area contributed by atoms with Gasteiger partial charge in [0.15, 0.2) is 0 Å². The molecule has 3 aromatic rings. The molecule has 0 radical (unpaired) electrons. The predicted molar refractivity (Wildman–Crippen MR) is 161 cm³/mol. The van der Waals surface area contributed by atoms with Crippen LogP contribution in [0.5, 0.6) is 0 Å². The number of hydrogen-bond acceptors (Lipinski definition) is 9. The normalized spacial score (nSPS) is 20.8. The SMILES string of the molecule is CC1(C)S[C@@H]2C(NC(=O)Cc3ccccc3N(S(=O)(=O)NC(N)=O)S(=O)(=O)c3ccc4ccccc4c3)C(=O)N2[C@H]1C(=O)O. The average Bonchev–Trinajstić information content (AvgIpc) is 3.19. The highest BCUT2D eigenvalue weighted by Crippen LogP contribution is 2.50. The van der Waals surface area contributed by atoms with Crippen LogP contribution in [-0.4, -0.2) is 72.9 Å². The summed E-state index contributed by atoms with van der Waals surface area (Å²) in [6.45, 7) is 3.37. The number of nitrogens with two attached hydrogens (primary N) is 1. The molecule has 17 heteroatoms. The Labute approximate surface area is 256 Å². The summed E-state index contributed by atoms with van der Waals surface area (Å²) < 4.78 is 55.2. The van der Waals surface area contributed by atoms with Crippen molar-refractivity contribution in [2.24, 2.45) is 5.73 Å². The number of amides is 4. The van der Waals surface area contributed by atoms with E-state index in [0.29, 0.717) is 10.8 Å². The number of carboxylic acids is 1. The van der Waals surface area contributed by atoms with E-state index in [1.54, 1.807) is 38.1 Å². The molecule has 3 atom stereocenters. The molecule has 2 fully saturated rings. The van der Waals surface area contributed by atoms with E-state index in [1.807, 2.05) is 0 Å². The van der Waals surface area contributed by atoms with Crippen LogP contribution in [0.25, 0.3) is 10.8 Å². The smallest absolute Gasteiger partial charge is 0.341 e. The molecule has 2 aliphatic rings. The first-order chi connectivity index (χ1) is 20.5. The van der Waals surface area contributed by atoms with Crippen LogP contribution in [0.2, 0.25) is 0 Å². The van der Waals surface area contributed by atoms with Gasteiger partial charge in [0, 0.05) is 4.75 Å². The molecule has 4 amide bonds. The molecule has 0 aliphatic carbocycles. The first-order valence-electron chi connectivity index (χ1n) is 13.0. The lowest BCUT2D eigenvalue weighted by Gasteiger charge is -2.43. The molecule has 2 saturated heterocycles. The van der Waals surface area contributed by atoms with Gasteiger partial charge in [-0.2, -0.15) is 16.8 Å². The Balaban J connectivity index is 1.48. The Kier molecular flexibility index (Phi) is 7.75. The third kappa shape index (κ3) is 5.41. The quantitative estimate of drug-likeness (QED) is 0.240.